The molecule has 0 bridgehead atoms. The van der Waals surface area contributed by atoms with E-state index in [0.717, 1.165) is 36.9 Å². The maximum atomic E-state index is 12.4. The molecule has 1 aliphatic rings. The van der Waals surface area contributed by atoms with Gasteiger partial charge in [0.25, 0.3) is 0 Å². The zero-order chi connectivity index (χ0) is 14.9. The summed E-state index contributed by atoms with van der Waals surface area (Å²) in [6.45, 7) is 9.69. The molecule has 5 nitrogen and oxygen atoms in total. The average Bonchev–Trinajstić information content (AvgIpc) is 2.83. The lowest BCUT2D eigenvalue weighted by Gasteiger charge is -2.39. The predicted octanol–water partition coefficient (Wildman–Crippen LogP) is 2.32. The van der Waals surface area contributed by atoms with Crippen molar-refractivity contribution in [2.24, 2.45) is 5.41 Å². The molecule has 1 unspecified atom stereocenters. The van der Waals surface area contributed by atoms with Crippen molar-refractivity contribution < 1.29 is 4.79 Å². The normalized spacial score (nSPS) is 20.1. The van der Waals surface area contributed by atoms with E-state index < -0.39 is 0 Å². The van der Waals surface area contributed by atoms with Gasteiger partial charge in [-0.2, -0.15) is 4.37 Å². The maximum absolute atomic E-state index is 12.4. The van der Waals surface area contributed by atoms with Gasteiger partial charge < -0.3 is 9.80 Å². The van der Waals surface area contributed by atoms with E-state index in [1.807, 2.05) is 39.6 Å². The van der Waals surface area contributed by atoms with E-state index in [2.05, 4.69) is 14.3 Å². The Kier molecular flexibility index (Phi) is 4.32. The van der Waals surface area contributed by atoms with Crippen molar-refractivity contribution in [3.63, 3.8) is 0 Å². The summed E-state index contributed by atoms with van der Waals surface area (Å²) in [6.07, 6.45) is 2.15. The lowest BCUT2D eigenvalue weighted by atomic mass is 9.93. The highest BCUT2D eigenvalue weighted by atomic mass is 32.1. The van der Waals surface area contributed by atoms with Crippen molar-refractivity contribution in [1.29, 1.82) is 0 Å². The molecule has 0 saturated carbocycles. The molecule has 0 N–H and O–H groups in total. The molecule has 2 rings (SSSR count). The number of piperidine rings is 1. The first-order valence-electron chi connectivity index (χ1n) is 7.11. The number of rotatable bonds is 2. The van der Waals surface area contributed by atoms with E-state index in [4.69, 9.17) is 0 Å². The molecular weight excluding hydrogens is 272 g/mol. The standard InChI is InChI=1S/C14H24N4OS/c1-10-15-13(20-16-10)18-8-6-7-11(9-18)17(5)12(19)14(2,3)4/h11H,6-9H2,1-5H3. The van der Waals surface area contributed by atoms with Crippen molar-refractivity contribution >= 4 is 22.6 Å². The van der Waals surface area contributed by atoms with Crippen LogP contribution in [0.2, 0.25) is 0 Å². The van der Waals surface area contributed by atoms with Crippen LogP contribution in [-0.4, -0.2) is 46.3 Å². The Morgan fingerprint density at radius 1 is 1.45 bits per heavy atom. The summed E-state index contributed by atoms with van der Waals surface area (Å²) in [5, 5.41) is 0.976. The van der Waals surface area contributed by atoms with Gasteiger partial charge in [-0.15, -0.1) is 0 Å². The Hall–Kier alpha value is -1.17. The van der Waals surface area contributed by atoms with Crippen molar-refractivity contribution in [3.05, 3.63) is 5.82 Å². The SMILES string of the molecule is Cc1nsc(N2CCCC(N(C)C(=O)C(C)(C)C)C2)n1. The molecule has 1 fully saturated rings. The van der Waals surface area contributed by atoms with E-state index in [0.29, 0.717) is 0 Å². The topological polar surface area (TPSA) is 49.3 Å². The lowest BCUT2D eigenvalue weighted by Crippen LogP contribution is -2.51. The molecule has 20 heavy (non-hydrogen) atoms. The van der Waals surface area contributed by atoms with Gasteiger partial charge in [0.05, 0.1) is 0 Å². The highest BCUT2D eigenvalue weighted by molar-refractivity contribution is 7.09. The number of anilines is 1. The van der Waals surface area contributed by atoms with Crippen LogP contribution in [-0.2, 0) is 4.79 Å². The molecule has 2 heterocycles. The van der Waals surface area contributed by atoms with Gasteiger partial charge in [-0.25, -0.2) is 4.98 Å². The summed E-state index contributed by atoms with van der Waals surface area (Å²) in [7, 11) is 1.92. The Morgan fingerprint density at radius 2 is 2.15 bits per heavy atom. The van der Waals surface area contributed by atoms with Crippen LogP contribution in [0.3, 0.4) is 0 Å². The van der Waals surface area contributed by atoms with E-state index in [1.54, 1.807) is 0 Å². The predicted molar refractivity (Wildman–Crippen MR) is 82.1 cm³/mol. The second-order valence-electron chi connectivity index (χ2n) is 6.53. The number of nitrogens with zero attached hydrogens (tertiary/aromatic N) is 4. The van der Waals surface area contributed by atoms with Crippen LogP contribution in [0.5, 0.6) is 0 Å². The molecule has 1 atom stereocenters. The second kappa shape index (κ2) is 5.68. The number of carbonyl (C=O) groups is 1. The lowest BCUT2D eigenvalue weighted by molar-refractivity contribution is -0.140. The number of carbonyl (C=O) groups excluding carboxylic acids is 1. The van der Waals surface area contributed by atoms with E-state index in [1.165, 1.54) is 11.5 Å². The zero-order valence-electron chi connectivity index (χ0n) is 13.0. The van der Waals surface area contributed by atoms with Gasteiger partial charge in [-0.1, -0.05) is 20.8 Å². The molecule has 1 aromatic rings. The molecule has 1 saturated heterocycles. The van der Waals surface area contributed by atoms with Crippen LogP contribution in [0.1, 0.15) is 39.4 Å². The number of amides is 1. The maximum Gasteiger partial charge on any atom is 0.227 e. The van der Waals surface area contributed by atoms with Crippen LogP contribution >= 0.6 is 11.5 Å². The van der Waals surface area contributed by atoms with Gasteiger partial charge in [0, 0.05) is 43.1 Å². The number of likely N-dealkylation sites (N-methyl/N-ethyl adjacent to an activating group) is 1. The van der Waals surface area contributed by atoms with Gasteiger partial charge in [0.15, 0.2) is 0 Å². The van der Waals surface area contributed by atoms with Crippen LogP contribution < -0.4 is 4.90 Å². The summed E-state index contributed by atoms with van der Waals surface area (Å²) in [5.41, 5.74) is -0.323. The zero-order valence-corrected chi connectivity index (χ0v) is 13.8. The molecular formula is C14H24N4OS. The minimum Gasteiger partial charge on any atom is -0.345 e. The molecule has 1 aromatic heterocycles. The van der Waals surface area contributed by atoms with Gasteiger partial charge in [0.2, 0.25) is 11.0 Å². The van der Waals surface area contributed by atoms with Crippen molar-refractivity contribution in [1.82, 2.24) is 14.3 Å². The summed E-state index contributed by atoms with van der Waals surface area (Å²) in [4.78, 5) is 21.0. The third kappa shape index (κ3) is 3.29. The first kappa shape index (κ1) is 15.2. The quantitative estimate of drug-likeness (QED) is 0.840. The summed E-state index contributed by atoms with van der Waals surface area (Å²) in [6, 6.07) is 0.264. The Labute approximate surface area is 125 Å². The van der Waals surface area contributed by atoms with Crippen molar-refractivity contribution in [3.8, 4) is 0 Å². The first-order valence-corrected chi connectivity index (χ1v) is 7.89. The highest BCUT2D eigenvalue weighted by Gasteiger charge is 2.32. The monoisotopic (exact) mass is 296 g/mol. The van der Waals surface area contributed by atoms with E-state index in [9.17, 15) is 4.79 Å². The van der Waals surface area contributed by atoms with Crippen LogP contribution in [0.25, 0.3) is 0 Å². The third-order valence-electron chi connectivity index (χ3n) is 3.69. The largest absolute Gasteiger partial charge is 0.345 e. The molecule has 0 aromatic carbocycles. The number of aryl methyl sites for hydroxylation is 1. The molecule has 6 heteroatoms. The van der Waals surface area contributed by atoms with Crippen LogP contribution in [0, 0.1) is 12.3 Å². The third-order valence-corrected chi connectivity index (χ3v) is 4.56. The summed E-state index contributed by atoms with van der Waals surface area (Å²) < 4.78 is 4.24. The molecule has 0 spiro atoms. The number of aromatic nitrogens is 2. The van der Waals surface area contributed by atoms with Gasteiger partial charge in [-0.3, -0.25) is 4.79 Å². The minimum absolute atomic E-state index is 0.206. The van der Waals surface area contributed by atoms with Gasteiger partial charge in [-0.05, 0) is 19.8 Å². The fourth-order valence-electron chi connectivity index (χ4n) is 2.55. The number of hydrogen-bond donors (Lipinski definition) is 0. The van der Waals surface area contributed by atoms with Crippen LogP contribution in [0.4, 0.5) is 5.13 Å². The van der Waals surface area contributed by atoms with Crippen molar-refractivity contribution in [2.45, 2.75) is 46.6 Å². The summed E-state index contributed by atoms with van der Waals surface area (Å²) >= 11 is 1.45. The van der Waals surface area contributed by atoms with E-state index in [-0.39, 0.29) is 17.4 Å². The fraction of sp³-hybridized carbons (Fsp3) is 0.786. The molecule has 1 amide bonds. The highest BCUT2D eigenvalue weighted by Crippen LogP contribution is 2.26. The second-order valence-corrected chi connectivity index (χ2v) is 7.26. The summed E-state index contributed by atoms with van der Waals surface area (Å²) in [5.74, 6) is 1.03. The van der Waals surface area contributed by atoms with Crippen LogP contribution in [0.15, 0.2) is 0 Å². The first-order chi connectivity index (χ1) is 9.29. The Morgan fingerprint density at radius 3 is 2.70 bits per heavy atom. The number of hydrogen-bond acceptors (Lipinski definition) is 5. The Bertz CT molecular complexity index is 480. The molecule has 0 radical (unpaired) electrons. The Balaban J connectivity index is 2.05. The molecule has 0 aliphatic carbocycles. The minimum atomic E-state index is -0.323. The smallest absolute Gasteiger partial charge is 0.227 e. The van der Waals surface area contributed by atoms with E-state index >= 15 is 0 Å². The van der Waals surface area contributed by atoms with Gasteiger partial charge in [0.1, 0.15) is 5.82 Å². The molecule has 1 aliphatic heterocycles. The fourth-order valence-corrected chi connectivity index (χ4v) is 3.26. The molecule has 112 valence electrons. The average molecular weight is 296 g/mol. The van der Waals surface area contributed by atoms with Gasteiger partial charge >= 0.3 is 0 Å². The van der Waals surface area contributed by atoms with Crippen molar-refractivity contribution in [2.75, 3.05) is 25.0 Å².